The summed E-state index contributed by atoms with van der Waals surface area (Å²) in [4.78, 5) is 28.0. The summed E-state index contributed by atoms with van der Waals surface area (Å²) in [7, 11) is 0. The number of fused-ring (bicyclic) bond motifs is 1. The third kappa shape index (κ3) is 3.94. The van der Waals surface area contributed by atoms with E-state index in [1.165, 1.54) is 0 Å². The van der Waals surface area contributed by atoms with Gasteiger partial charge in [0.05, 0.1) is 5.69 Å². The summed E-state index contributed by atoms with van der Waals surface area (Å²) in [5.41, 5.74) is 2.18. The predicted octanol–water partition coefficient (Wildman–Crippen LogP) is 4.44. The smallest absolute Gasteiger partial charge is 0.264 e. The lowest BCUT2D eigenvalue weighted by Gasteiger charge is -2.28. The van der Waals surface area contributed by atoms with Crippen LogP contribution in [0, 0.1) is 0 Å². The monoisotopic (exact) mass is 389 g/mol. The van der Waals surface area contributed by atoms with Crippen LogP contribution in [0.4, 0.5) is 5.69 Å². The molecule has 0 fully saturated rings. The minimum absolute atomic E-state index is 0.0364. The number of benzene rings is 3. The Morgan fingerprint density at radius 3 is 2.32 bits per heavy atom. The van der Waals surface area contributed by atoms with E-state index in [-0.39, 0.29) is 18.3 Å². The first-order chi connectivity index (χ1) is 13.7. The summed E-state index contributed by atoms with van der Waals surface area (Å²) in [6.07, 6.45) is 0. The number of hydrogen-bond acceptors (Lipinski definition) is 4. The first-order valence-corrected chi connectivity index (χ1v) is 10.1. The maximum atomic E-state index is 12.6. The number of para-hydroxylation sites is 1. The van der Waals surface area contributed by atoms with Crippen LogP contribution in [-0.2, 0) is 4.79 Å². The molecule has 4 rings (SSSR count). The van der Waals surface area contributed by atoms with Crippen LogP contribution in [0.3, 0.4) is 0 Å². The van der Waals surface area contributed by atoms with Crippen molar-refractivity contribution in [3.05, 3.63) is 90.0 Å². The van der Waals surface area contributed by atoms with Crippen molar-refractivity contribution in [2.45, 2.75) is 4.90 Å². The summed E-state index contributed by atoms with van der Waals surface area (Å²) in [6, 6.07) is 24.0. The summed E-state index contributed by atoms with van der Waals surface area (Å²) < 4.78 is 5.67. The second-order valence-corrected chi connectivity index (χ2v) is 7.51. The Labute approximate surface area is 168 Å². The van der Waals surface area contributed by atoms with Gasteiger partial charge in [-0.1, -0.05) is 42.5 Å². The van der Waals surface area contributed by atoms with Gasteiger partial charge in [-0.2, -0.15) is 0 Å². The fourth-order valence-corrected chi connectivity index (χ4v) is 4.10. The topological polar surface area (TPSA) is 46.6 Å². The molecule has 5 heteroatoms. The molecule has 140 valence electrons. The van der Waals surface area contributed by atoms with Crippen molar-refractivity contribution in [3.63, 3.8) is 0 Å². The number of ether oxygens (including phenoxy) is 1. The van der Waals surface area contributed by atoms with E-state index in [1.54, 1.807) is 53.1 Å². The highest BCUT2D eigenvalue weighted by atomic mass is 32.2. The Morgan fingerprint density at radius 2 is 1.54 bits per heavy atom. The molecule has 0 radical (unpaired) electrons. The maximum absolute atomic E-state index is 12.6. The molecule has 0 aromatic heterocycles. The molecule has 1 aliphatic rings. The van der Waals surface area contributed by atoms with Crippen LogP contribution in [-0.4, -0.2) is 30.6 Å². The average Bonchev–Trinajstić information content (AvgIpc) is 2.77. The minimum atomic E-state index is -0.0720. The third-order valence-corrected chi connectivity index (χ3v) is 5.59. The van der Waals surface area contributed by atoms with Crippen molar-refractivity contribution in [1.82, 2.24) is 0 Å². The summed E-state index contributed by atoms with van der Waals surface area (Å²) >= 11 is 1.76. The van der Waals surface area contributed by atoms with E-state index in [2.05, 4.69) is 0 Å². The van der Waals surface area contributed by atoms with Gasteiger partial charge in [0.25, 0.3) is 5.91 Å². The molecule has 0 unspecified atom stereocenters. The molecule has 4 nitrogen and oxygen atoms in total. The number of nitrogens with zero attached hydrogens (tertiary/aromatic N) is 1. The van der Waals surface area contributed by atoms with E-state index in [0.717, 1.165) is 16.3 Å². The van der Waals surface area contributed by atoms with Crippen molar-refractivity contribution in [1.29, 1.82) is 0 Å². The van der Waals surface area contributed by atoms with Crippen LogP contribution >= 0.6 is 11.8 Å². The van der Waals surface area contributed by atoms with Gasteiger partial charge in [0.1, 0.15) is 5.75 Å². The van der Waals surface area contributed by atoms with E-state index in [9.17, 15) is 9.59 Å². The van der Waals surface area contributed by atoms with Gasteiger partial charge in [-0.25, -0.2) is 0 Å². The lowest BCUT2D eigenvalue weighted by Crippen LogP contribution is -2.38. The molecule has 0 saturated heterocycles. The van der Waals surface area contributed by atoms with Gasteiger partial charge in [0.15, 0.2) is 12.4 Å². The van der Waals surface area contributed by atoms with E-state index in [1.807, 2.05) is 42.5 Å². The fraction of sp³-hybridized carbons (Fsp3) is 0.130. The van der Waals surface area contributed by atoms with Crippen molar-refractivity contribution in [3.8, 4) is 5.75 Å². The number of carbonyl (C=O) groups is 2. The van der Waals surface area contributed by atoms with E-state index in [0.29, 0.717) is 23.4 Å². The molecular weight excluding hydrogens is 370 g/mol. The maximum Gasteiger partial charge on any atom is 0.264 e. The zero-order chi connectivity index (χ0) is 19.3. The van der Waals surface area contributed by atoms with Gasteiger partial charge in [0.2, 0.25) is 0 Å². The molecular formula is C23H19NO3S. The van der Waals surface area contributed by atoms with Crippen LogP contribution in [0.1, 0.15) is 15.9 Å². The van der Waals surface area contributed by atoms with E-state index >= 15 is 0 Å². The van der Waals surface area contributed by atoms with Gasteiger partial charge >= 0.3 is 0 Å². The molecule has 0 atom stereocenters. The number of rotatable bonds is 5. The molecule has 1 aliphatic heterocycles. The standard InChI is InChI=1S/C23H19NO3S/c25-22(24-14-15-28-21-9-5-4-8-20(21)24)16-27-19-12-10-18(11-13-19)23(26)17-6-2-1-3-7-17/h1-13H,14-16H2. The normalized spacial score (nSPS) is 12.9. The van der Waals surface area contributed by atoms with Crippen LogP contribution in [0.5, 0.6) is 5.75 Å². The van der Waals surface area contributed by atoms with Crippen molar-refractivity contribution in [2.24, 2.45) is 0 Å². The van der Waals surface area contributed by atoms with Crippen molar-refractivity contribution in [2.75, 3.05) is 23.8 Å². The molecule has 1 amide bonds. The van der Waals surface area contributed by atoms with Gasteiger partial charge in [-0.05, 0) is 36.4 Å². The number of anilines is 1. The Kier molecular flexibility index (Phi) is 5.44. The van der Waals surface area contributed by atoms with E-state index in [4.69, 9.17) is 4.74 Å². The molecule has 3 aromatic rings. The molecule has 28 heavy (non-hydrogen) atoms. The molecule has 1 heterocycles. The lowest BCUT2D eigenvalue weighted by atomic mass is 10.0. The SMILES string of the molecule is O=C(c1ccccc1)c1ccc(OCC(=O)N2CCSc3ccccc32)cc1. The summed E-state index contributed by atoms with van der Waals surface area (Å²) in [5, 5.41) is 0. The minimum Gasteiger partial charge on any atom is -0.484 e. The number of ketones is 1. The Morgan fingerprint density at radius 1 is 0.857 bits per heavy atom. The highest BCUT2D eigenvalue weighted by molar-refractivity contribution is 7.99. The summed E-state index contributed by atoms with van der Waals surface area (Å²) in [5.74, 6) is 1.33. The molecule has 0 saturated carbocycles. The average molecular weight is 389 g/mol. The molecule has 0 bridgehead atoms. The number of amides is 1. The highest BCUT2D eigenvalue weighted by Crippen LogP contribution is 2.34. The third-order valence-electron chi connectivity index (χ3n) is 4.54. The van der Waals surface area contributed by atoms with Crippen LogP contribution in [0.15, 0.2) is 83.8 Å². The Hall–Kier alpha value is -3.05. The van der Waals surface area contributed by atoms with Gasteiger partial charge in [-0.15, -0.1) is 11.8 Å². The summed E-state index contributed by atoms with van der Waals surface area (Å²) in [6.45, 7) is 0.638. The van der Waals surface area contributed by atoms with Gasteiger partial charge in [-0.3, -0.25) is 9.59 Å². The Balaban J connectivity index is 1.39. The second-order valence-electron chi connectivity index (χ2n) is 6.37. The zero-order valence-corrected chi connectivity index (χ0v) is 16.0. The first-order valence-electron chi connectivity index (χ1n) is 9.07. The zero-order valence-electron chi connectivity index (χ0n) is 15.2. The van der Waals surface area contributed by atoms with Crippen LogP contribution < -0.4 is 9.64 Å². The van der Waals surface area contributed by atoms with E-state index < -0.39 is 0 Å². The largest absolute Gasteiger partial charge is 0.484 e. The molecule has 0 spiro atoms. The van der Waals surface area contributed by atoms with Crippen molar-refractivity contribution < 1.29 is 14.3 Å². The molecule has 0 N–H and O–H groups in total. The molecule has 3 aromatic carbocycles. The van der Waals surface area contributed by atoms with Gasteiger partial charge < -0.3 is 9.64 Å². The highest BCUT2D eigenvalue weighted by Gasteiger charge is 2.22. The van der Waals surface area contributed by atoms with Crippen LogP contribution in [0.2, 0.25) is 0 Å². The van der Waals surface area contributed by atoms with Crippen LogP contribution in [0.25, 0.3) is 0 Å². The first kappa shape index (κ1) is 18.3. The predicted molar refractivity (Wildman–Crippen MR) is 111 cm³/mol. The van der Waals surface area contributed by atoms with Crippen molar-refractivity contribution >= 4 is 29.1 Å². The van der Waals surface area contributed by atoms with Gasteiger partial charge in [0, 0.05) is 28.3 Å². The molecule has 0 aliphatic carbocycles. The Bertz CT molecular complexity index is 986. The lowest BCUT2D eigenvalue weighted by molar-refractivity contribution is -0.120. The second kappa shape index (κ2) is 8.31. The number of carbonyl (C=O) groups excluding carboxylic acids is 2. The fourth-order valence-electron chi connectivity index (χ4n) is 3.11. The quantitative estimate of drug-likeness (QED) is 0.606. The number of hydrogen-bond donors (Lipinski definition) is 0. The number of thioether (sulfide) groups is 1.